The lowest BCUT2D eigenvalue weighted by atomic mass is 10.1. The van der Waals surface area contributed by atoms with Crippen molar-refractivity contribution in [3.05, 3.63) is 62.6 Å². The highest BCUT2D eigenvalue weighted by Crippen LogP contribution is 2.32. The molecule has 0 atom stereocenters. The first-order chi connectivity index (χ1) is 16.3. The SMILES string of the molecule is CCCc1c(OCCCCCOc2cccc(O)c2C(C)=O)ccc2c(=O)cc(C(=O)O)sc12. The number of carbonyl (C=O) groups is 2. The van der Waals surface area contributed by atoms with E-state index in [4.69, 9.17) is 9.47 Å². The van der Waals surface area contributed by atoms with E-state index in [-0.39, 0.29) is 27.4 Å². The van der Waals surface area contributed by atoms with Crippen LogP contribution in [0.2, 0.25) is 0 Å². The summed E-state index contributed by atoms with van der Waals surface area (Å²) in [6, 6.07) is 9.42. The third-order valence-electron chi connectivity index (χ3n) is 5.33. The fourth-order valence-electron chi connectivity index (χ4n) is 3.72. The van der Waals surface area contributed by atoms with Crippen molar-refractivity contribution in [1.29, 1.82) is 0 Å². The number of rotatable bonds is 12. The molecule has 0 bridgehead atoms. The Morgan fingerprint density at radius 1 is 1.00 bits per heavy atom. The van der Waals surface area contributed by atoms with Gasteiger partial charge in [0.2, 0.25) is 0 Å². The van der Waals surface area contributed by atoms with Crippen LogP contribution < -0.4 is 14.9 Å². The van der Waals surface area contributed by atoms with Crippen LogP contribution in [0.15, 0.2) is 41.2 Å². The van der Waals surface area contributed by atoms with Crippen molar-refractivity contribution in [2.45, 2.75) is 46.0 Å². The second kappa shape index (κ2) is 11.7. The van der Waals surface area contributed by atoms with E-state index >= 15 is 0 Å². The number of fused-ring (bicyclic) bond motifs is 1. The number of carbonyl (C=O) groups excluding carboxylic acids is 1. The third kappa shape index (κ3) is 5.94. The average Bonchev–Trinajstić information content (AvgIpc) is 2.79. The van der Waals surface area contributed by atoms with Crippen LogP contribution in [-0.4, -0.2) is 35.2 Å². The topological polar surface area (TPSA) is 110 Å². The summed E-state index contributed by atoms with van der Waals surface area (Å²) in [5, 5.41) is 19.7. The highest BCUT2D eigenvalue weighted by Gasteiger charge is 2.16. The zero-order chi connectivity index (χ0) is 24.7. The highest BCUT2D eigenvalue weighted by atomic mass is 32.1. The van der Waals surface area contributed by atoms with Crippen LogP contribution in [0.25, 0.3) is 10.1 Å². The van der Waals surface area contributed by atoms with Gasteiger partial charge in [-0.3, -0.25) is 9.59 Å². The largest absolute Gasteiger partial charge is 0.507 e. The van der Waals surface area contributed by atoms with Crippen molar-refractivity contribution < 1.29 is 29.3 Å². The Labute approximate surface area is 201 Å². The maximum atomic E-state index is 12.4. The summed E-state index contributed by atoms with van der Waals surface area (Å²) in [7, 11) is 0. The van der Waals surface area contributed by atoms with E-state index in [1.54, 1.807) is 24.3 Å². The van der Waals surface area contributed by atoms with Crippen molar-refractivity contribution in [1.82, 2.24) is 0 Å². The maximum Gasteiger partial charge on any atom is 0.346 e. The van der Waals surface area contributed by atoms with E-state index in [1.807, 2.05) is 6.92 Å². The molecule has 3 aromatic rings. The number of hydrogen-bond acceptors (Lipinski definition) is 7. The molecule has 2 aromatic carbocycles. The zero-order valence-corrected chi connectivity index (χ0v) is 20.1. The van der Waals surface area contributed by atoms with Gasteiger partial charge in [0.05, 0.1) is 13.2 Å². The minimum Gasteiger partial charge on any atom is -0.507 e. The molecule has 0 spiro atoms. The molecule has 180 valence electrons. The number of benzene rings is 2. The number of unbranched alkanes of at least 4 members (excludes halogenated alkanes) is 2. The lowest BCUT2D eigenvalue weighted by Crippen LogP contribution is -2.07. The molecule has 0 fully saturated rings. The molecule has 1 aromatic heterocycles. The predicted octanol–water partition coefficient (Wildman–Crippen LogP) is 5.45. The van der Waals surface area contributed by atoms with Gasteiger partial charge in [-0.1, -0.05) is 19.4 Å². The maximum absolute atomic E-state index is 12.4. The molecule has 0 aliphatic rings. The van der Waals surface area contributed by atoms with Crippen LogP contribution in [0.1, 0.15) is 65.1 Å². The summed E-state index contributed by atoms with van der Waals surface area (Å²) < 4.78 is 12.4. The van der Waals surface area contributed by atoms with Crippen molar-refractivity contribution in [3.8, 4) is 17.2 Å². The van der Waals surface area contributed by atoms with Gasteiger partial charge in [-0.2, -0.15) is 0 Å². The molecule has 34 heavy (non-hydrogen) atoms. The number of hydrogen-bond donors (Lipinski definition) is 2. The Bertz CT molecular complexity index is 1250. The van der Waals surface area contributed by atoms with Crippen LogP contribution in [0.5, 0.6) is 17.2 Å². The fraction of sp³-hybridized carbons (Fsp3) is 0.346. The number of aryl methyl sites for hydroxylation is 1. The van der Waals surface area contributed by atoms with Gasteiger partial charge in [-0.05, 0) is 56.9 Å². The molecule has 2 N–H and O–H groups in total. The van der Waals surface area contributed by atoms with Crippen LogP contribution in [0, 0.1) is 0 Å². The first-order valence-electron chi connectivity index (χ1n) is 11.2. The van der Waals surface area contributed by atoms with Gasteiger partial charge in [-0.25, -0.2) is 4.79 Å². The average molecular weight is 485 g/mol. The van der Waals surface area contributed by atoms with Crippen LogP contribution >= 0.6 is 11.3 Å². The second-order valence-electron chi connectivity index (χ2n) is 7.91. The molecule has 8 heteroatoms. The Balaban J connectivity index is 1.58. The predicted molar refractivity (Wildman–Crippen MR) is 132 cm³/mol. The second-order valence-corrected chi connectivity index (χ2v) is 8.97. The Morgan fingerprint density at radius 3 is 2.35 bits per heavy atom. The summed E-state index contributed by atoms with van der Waals surface area (Å²) in [5.41, 5.74) is 0.767. The standard InChI is InChI=1S/C26H28O7S/c1-3-8-18-21(12-11-17-20(29)15-23(26(30)31)34-25(17)18)32-13-5-4-6-14-33-22-10-7-9-19(28)24(22)16(2)27/h7,9-12,15,28H,3-6,8,13-14H2,1-2H3,(H,30,31). The molecule has 0 amide bonds. The van der Waals surface area contributed by atoms with Crippen molar-refractivity contribution in [3.63, 3.8) is 0 Å². The molecular formula is C26H28O7S. The van der Waals surface area contributed by atoms with Gasteiger partial charge in [0.1, 0.15) is 27.7 Å². The quantitative estimate of drug-likeness (QED) is 0.260. The molecule has 1 heterocycles. The number of aromatic carboxylic acids is 1. The third-order valence-corrected chi connectivity index (χ3v) is 6.51. The summed E-state index contributed by atoms with van der Waals surface area (Å²) in [5.74, 6) is -0.392. The lowest BCUT2D eigenvalue weighted by Gasteiger charge is -2.14. The highest BCUT2D eigenvalue weighted by molar-refractivity contribution is 7.20. The molecule has 3 rings (SSSR count). The summed E-state index contributed by atoms with van der Waals surface area (Å²) >= 11 is 1.10. The van der Waals surface area contributed by atoms with Gasteiger partial charge < -0.3 is 19.7 Å². The number of ether oxygens (including phenoxy) is 2. The van der Waals surface area contributed by atoms with Gasteiger partial charge in [0.25, 0.3) is 0 Å². The van der Waals surface area contributed by atoms with Gasteiger partial charge in [0.15, 0.2) is 11.2 Å². The van der Waals surface area contributed by atoms with Crippen molar-refractivity contribution in [2.24, 2.45) is 0 Å². The Hall–Kier alpha value is -3.39. The summed E-state index contributed by atoms with van der Waals surface area (Å²) in [4.78, 5) is 35.5. The van der Waals surface area contributed by atoms with Gasteiger partial charge >= 0.3 is 5.97 Å². The summed E-state index contributed by atoms with van der Waals surface area (Å²) in [6.07, 6.45) is 3.88. The molecule has 0 radical (unpaired) electrons. The van der Waals surface area contributed by atoms with E-state index in [0.29, 0.717) is 41.2 Å². The van der Waals surface area contributed by atoms with Crippen LogP contribution in [0.3, 0.4) is 0 Å². The molecule has 7 nitrogen and oxygen atoms in total. The smallest absolute Gasteiger partial charge is 0.346 e. The number of carboxylic acid groups (broad SMARTS) is 1. The van der Waals surface area contributed by atoms with E-state index < -0.39 is 5.97 Å². The van der Waals surface area contributed by atoms with E-state index in [1.165, 1.54) is 19.1 Å². The van der Waals surface area contributed by atoms with Crippen molar-refractivity contribution in [2.75, 3.05) is 13.2 Å². The number of ketones is 1. The molecule has 0 aliphatic heterocycles. The molecule has 0 aliphatic carbocycles. The minimum absolute atomic E-state index is 0.0201. The number of phenolic OH excluding ortho intramolecular Hbond substituents is 1. The molecule has 0 unspecified atom stereocenters. The molecule has 0 saturated heterocycles. The van der Waals surface area contributed by atoms with Crippen molar-refractivity contribution >= 4 is 33.2 Å². The molecule has 0 saturated carbocycles. The molecular weight excluding hydrogens is 456 g/mol. The fourth-order valence-corrected chi connectivity index (χ4v) is 4.80. The van der Waals surface area contributed by atoms with Crippen LogP contribution in [-0.2, 0) is 6.42 Å². The number of phenols is 1. The van der Waals surface area contributed by atoms with E-state index in [9.17, 15) is 24.6 Å². The monoisotopic (exact) mass is 484 g/mol. The summed E-state index contributed by atoms with van der Waals surface area (Å²) in [6.45, 7) is 4.30. The van der Waals surface area contributed by atoms with E-state index in [0.717, 1.165) is 42.6 Å². The van der Waals surface area contributed by atoms with E-state index in [2.05, 4.69) is 0 Å². The number of aromatic hydroxyl groups is 1. The first kappa shape index (κ1) is 25.2. The van der Waals surface area contributed by atoms with Crippen LogP contribution in [0.4, 0.5) is 0 Å². The first-order valence-corrected chi connectivity index (χ1v) is 12.1. The number of carboxylic acids is 1. The Kier molecular flexibility index (Phi) is 8.65. The zero-order valence-electron chi connectivity index (χ0n) is 19.3. The minimum atomic E-state index is -1.11. The van der Waals surface area contributed by atoms with Gasteiger partial charge in [-0.15, -0.1) is 11.3 Å². The van der Waals surface area contributed by atoms with Gasteiger partial charge in [0, 0.05) is 21.7 Å². The Morgan fingerprint density at radius 2 is 1.71 bits per heavy atom. The lowest BCUT2D eigenvalue weighted by molar-refractivity contribution is 0.0701. The normalized spacial score (nSPS) is 10.9. The number of Topliss-reactive ketones (excluding diaryl/α,β-unsaturated/α-hetero) is 1.